The van der Waals surface area contributed by atoms with Crippen molar-refractivity contribution in [3.8, 4) is 0 Å². The number of ketones is 1. The Balaban J connectivity index is 2.31. The van der Waals surface area contributed by atoms with Gasteiger partial charge in [0.25, 0.3) is 5.69 Å². The van der Waals surface area contributed by atoms with Crippen molar-refractivity contribution in [3.05, 3.63) is 64.2 Å². The van der Waals surface area contributed by atoms with Crippen LogP contribution in [-0.4, -0.2) is 43.8 Å². The lowest BCUT2D eigenvalue weighted by molar-refractivity contribution is -0.384. The normalized spacial score (nSPS) is 29.4. The van der Waals surface area contributed by atoms with E-state index in [9.17, 15) is 19.7 Å². The number of Topliss-reactive ketones (excluding diaryl/α,β-unsaturated/α-hetero) is 1. The Hall–Kier alpha value is -2.84. The van der Waals surface area contributed by atoms with Gasteiger partial charge in [0.15, 0.2) is 11.6 Å². The molecule has 1 saturated carbocycles. The first-order chi connectivity index (χ1) is 13.7. The molecule has 2 aliphatic rings. The van der Waals surface area contributed by atoms with E-state index in [1.54, 1.807) is 19.1 Å². The number of allylic oxidation sites excluding steroid dienone is 2. The number of rotatable bonds is 7. The summed E-state index contributed by atoms with van der Waals surface area (Å²) in [5.74, 6) is -2.92. The standard InChI is InChI=1S/C21H23NO7/c1-6-7-13-12-20(28-4,29-5)17-19(2,18(24)27-3)21(17,16(13)23)14-8-10-15(11-9-14)22(25)26/h6,8-12,17H,1,7H2,2-5H3/t17-,19+,21+/m0/s1. The summed E-state index contributed by atoms with van der Waals surface area (Å²) < 4.78 is 16.5. The van der Waals surface area contributed by atoms with Crippen LogP contribution in [0.25, 0.3) is 0 Å². The minimum atomic E-state index is -1.35. The van der Waals surface area contributed by atoms with Crippen LogP contribution >= 0.6 is 0 Å². The van der Waals surface area contributed by atoms with Gasteiger partial charge in [-0.25, -0.2) is 0 Å². The van der Waals surface area contributed by atoms with Crippen molar-refractivity contribution in [2.24, 2.45) is 11.3 Å². The van der Waals surface area contributed by atoms with E-state index in [0.29, 0.717) is 11.1 Å². The van der Waals surface area contributed by atoms with Gasteiger partial charge in [-0.15, -0.1) is 6.58 Å². The van der Waals surface area contributed by atoms with Gasteiger partial charge in [0.1, 0.15) is 0 Å². The lowest BCUT2D eigenvalue weighted by Gasteiger charge is -2.35. The number of non-ortho nitro benzene ring substituents is 1. The van der Waals surface area contributed by atoms with E-state index in [0.717, 1.165) is 0 Å². The quantitative estimate of drug-likeness (QED) is 0.227. The molecule has 2 aliphatic carbocycles. The summed E-state index contributed by atoms with van der Waals surface area (Å²) in [6.07, 6.45) is 3.44. The van der Waals surface area contributed by atoms with E-state index in [1.165, 1.54) is 45.6 Å². The number of benzene rings is 1. The second-order valence-corrected chi connectivity index (χ2v) is 7.36. The topological polar surface area (TPSA) is 105 Å². The number of hydrogen-bond donors (Lipinski definition) is 0. The maximum atomic E-state index is 13.7. The van der Waals surface area contributed by atoms with Crippen LogP contribution in [0.1, 0.15) is 18.9 Å². The van der Waals surface area contributed by atoms with Gasteiger partial charge < -0.3 is 14.2 Å². The molecular formula is C21H23NO7. The first kappa shape index (κ1) is 20.9. The molecule has 0 heterocycles. The van der Waals surface area contributed by atoms with Crippen LogP contribution in [0.2, 0.25) is 0 Å². The van der Waals surface area contributed by atoms with Crippen molar-refractivity contribution < 1.29 is 28.7 Å². The smallest absolute Gasteiger partial charge is 0.313 e. The van der Waals surface area contributed by atoms with Crippen molar-refractivity contribution in [3.63, 3.8) is 0 Å². The van der Waals surface area contributed by atoms with Crippen LogP contribution in [0.4, 0.5) is 5.69 Å². The zero-order valence-corrected chi connectivity index (χ0v) is 16.8. The average Bonchev–Trinajstić information content (AvgIpc) is 3.33. The number of fused-ring (bicyclic) bond motifs is 1. The predicted molar refractivity (Wildman–Crippen MR) is 103 cm³/mol. The van der Waals surface area contributed by atoms with Gasteiger partial charge in [0, 0.05) is 31.9 Å². The number of hydrogen-bond acceptors (Lipinski definition) is 7. The summed E-state index contributed by atoms with van der Waals surface area (Å²) in [4.78, 5) is 37.1. The van der Waals surface area contributed by atoms with Gasteiger partial charge in [-0.2, -0.15) is 0 Å². The van der Waals surface area contributed by atoms with E-state index < -0.39 is 33.4 Å². The van der Waals surface area contributed by atoms with Crippen LogP contribution in [0.5, 0.6) is 0 Å². The first-order valence-corrected chi connectivity index (χ1v) is 9.02. The largest absolute Gasteiger partial charge is 0.469 e. The highest BCUT2D eigenvalue weighted by molar-refractivity contribution is 6.14. The molecule has 29 heavy (non-hydrogen) atoms. The lowest BCUT2D eigenvalue weighted by atomic mass is 9.76. The van der Waals surface area contributed by atoms with E-state index in [2.05, 4.69) is 6.58 Å². The molecule has 1 aromatic carbocycles. The summed E-state index contributed by atoms with van der Waals surface area (Å²) in [7, 11) is 4.14. The summed E-state index contributed by atoms with van der Waals surface area (Å²) in [5.41, 5.74) is -1.88. The van der Waals surface area contributed by atoms with Gasteiger partial charge in [-0.1, -0.05) is 18.2 Å². The molecule has 0 aliphatic heterocycles. The highest BCUT2D eigenvalue weighted by Crippen LogP contribution is 2.77. The van der Waals surface area contributed by atoms with E-state index in [4.69, 9.17) is 14.2 Å². The fourth-order valence-electron chi connectivity index (χ4n) is 5.01. The van der Waals surface area contributed by atoms with Gasteiger partial charge in [0.05, 0.1) is 28.8 Å². The summed E-state index contributed by atoms with van der Waals surface area (Å²) >= 11 is 0. The molecule has 1 fully saturated rings. The Labute approximate surface area is 168 Å². The number of nitro groups is 1. The van der Waals surface area contributed by atoms with Crippen molar-refractivity contribution in [2.45, 2.75) is 24.5 Å². The van der Waals surface area contributed by atoms with Crippen LogP contribution < -0.4 is 0 Å². The number of methoxy groups -OCH3 is 3. The minimum absolute atomic E-state index is 0.114. The molecule has 0 amide bonds. The maximum absolute atomic E-state index is 13.7. The average molecular weight is 401 g/mol. The minimum Gasteiger partial charge on any atom is -0.469 e. The second kappa shape index (κ2) is 6.89. The molecule has 0 spiro atoms. The molecule has 0 bridgehead atoms. The first-order valence-electron chi connectivity index (χ1n) is 9.02. The van der Waals surface area contributed by atoms with E-state index >= 15 is 0 Å². The maximum Gasteiger partial charge on any atom is 0.313 e. The molecule has 0 N–H and O–H groups in total. The fraction of sp³-hybridized carbons (Fsp3) is 0.429. The third-order valence-electron chi connectivity index (χ3n) is 6.32. The van der Waals surface area contributed by atoms with Gasteiger partial charge in [-0.05, 0) is 25.0 Å². The van der Waals surface area contributed by atoms with Crippen LogP contribution in [0.15, 0.2) is 48.6 Å². The molecule has 0 aromatic heterocycles. The van der Waals surface area contributed by atoms with Gasteiger partial charge in [-0.3, -0.25) is 19.7 Å². The van der Waals surface area contributed by atoms with Gasteiger partial charge in [0.2, 0.25) is 0 Å². The van der Waals surface area contributed by atoms with Gasteiger partial charge >= 0.3 is 5.97 Å². The number of nitro benzene ring substituents is 1. The number of nitrogens with zero attached hydrogens (tertiary/aromatic N) is 1. The number of carbonyl (C=O) groups excluding carboxylic acids is 2. The third kappa shape index (κ3) is 2.45. The Bertz CT molecular complexity index is 915. The Morgan fingerprint density at radius 2 is 1.83 bits per heavy atom. The Kier molecular flexibility index (Phi) is 4.96. The highest BCUT2D eigenvalue weighted by Gasteiger charge is 2.89. The van der Waals surface area contributed by atoms with Crippen molar-refractivity contribution in [2.75, 3.05) is 21.3 Å². The highest BCUT2D eigenvalue weighted by atomic mass is 16.7. The number of ether oxygens (including phenoxy) is 3. The molecule has 154 valence electrons. The predicted octanol–water partition coefficient (Wildman–Crippen LogP) is 2.72. The summed E-state index contributed by atoms with van der Waals surface area (Å²) in [6, 6.07) is 5.64. The molecular weight excluding hydrogens is 378 g/mol. The summed E-state index contributed by atoms with van der Waals surface area (Å²) in [6.45, 7) is 5.34. The number of esters is 1. The zero-order chi connectivity index (χ0) is 21.6. The molecule has 1 aromatic rings. The van der Waals surface area contributed by atoms with Crippen LogP contribution in [0.3, 0.4) is 0 Å². The van der Waals surface area contributed by atoms with Crippen molar-refractivity contribution in [1.82, 2.24) is 0 Å². The third-order valence-corrected chi connectivity index (χ3v) is 6.32. The molecule has 0 saturated heterocycles. The van der Waals surface area contributed by atoms with Crippen LogP contribution in [-0.2, 0) is 29.2 Å². The van der Waals surface area contributed by atoms with E-state index in [1.807, 2.05) is 0 Å². The van der Waals surface area contributed by atoms with Crippen molar-refractivity contribution in [1.29, 1.82) is 0 Å². The van der Waals surface area contributed by atoms with E-state index in [-0.39, 0.29) is 17.9 Å². The molecule has 0 radical (unpaired) electrons. The molecule has 3 atom stereocenters. The summed E-state index contributed by atoms with van der Waals surface area (Å²) in [5, 5.41) is 11.1. The lowest BCUT2D eigenvalue weighted by Crippen LogP contribution is -2.44. The molecule has 0 unspecified atom stereocenters. The molecule has 3 rings (SSSR count). The van der Waals surface area contributed by atoms with Crippen molar-refractivity contribution >= 4 is 17.4 Å². The molecule has 8 nitrogen and oxygen atoms in total. The second-order valence-electron chi connectivity index (χ2n) is 7.36. The number of carbonyl (C=O) groups is 2. The zero-order valence-electron chi connectivity index (χ0n) is 16.8. The Morgan fingerprint density at radius 3 is 2.28 bits per heavy atom. The van der Waals surface area contributed by atoms with Crippen LogP contribution in [0, 0.1) is 21.4 Å². The Morgan fingerprint density at radius 1 is 1.24 bits per heavy atom. The SMILES string of the molecule is C=CCC1=CC(OC)(OC)[C@@H]2[C@](C)(C(=O)OC)[C@]2(c2ccc([N+](=O)[O-])cc2)C1=O. The monoisotopic (exact) mass is 401 g/mol. The fourth-order valence-corrected chi connectivity index (χ4v) is 5.01. The molecule has 8 heteroatoms.